The zero-order valence-corrected chi connectivity index (χ0v) is 9.37. The fraction of sp³-hybridized carbons (Fsp3) is 0.400. The van der Waals surface area contributed by atoms with Gasteiger partial charge in [0.2, 0.25) is 0 Å². The van der Waals surface area contributed by atoms with Crippen molar-refractivity contribution in [2.24, 2.45) is 5.73 Å². The Bertz CT molecular complexity index is 418. The number of nitrogens with two attached hydrogens (primary N) is 1. The van der Waals surface area contributed by atoms with Crippen molar-refractivity contribution in [3.63, 3.8) is 0 Å². The van der Waals surface area contributed by atoms with Crippen molar-refractivity contribution in [3.8, 4) is 0 Å². The molecular weight excluding hydrogens is 228 g/mol. The molecule has 3 aliphatic heterocycles. The first-order valence-electron chi connectivity index (χ1n) is 5.18. The van der Waals surface area contributed by atoms with E-state index in [1.807, 2.05) is 6.08 Å². The van der Waals surface area contributed by atoms with E-state index >= 15 is 0 Å². The van der Waals surface area contributed by atoms with E-state index in [0.717, 1.165) is 16.6 Å². The molecule has 0 saturated carbocycles. The van der Waals surface area contributed by atoms with Crippen molar-refractivity contribution >= 4 is 18.7 Å². The van der Waals surface area contributed by atoms with Gasteiger partial charge in [-0.15, -0.1) is 0 Å². The quantitative estimate of drug-likeness (QED) is 0.686. The van der Waals surface area contributed by atoms with Crippen LogP contribution in [0.5, 0.6) is 0 Å². The van der Waals surface area contributed by atoms with Gasteiger partial charge in [0.05, 0.1) is 24.0 Å². The number of rotatable bonds is 1. The zero-order valence-electron chi connectivity index (χ0n) is 8.61. The molecule has 1 atom stereocenters. The molecule has 4 nitrogen and oxygen atoms in total. The summed E-state index contributed by atoms with van der Waals surface area (Å²) in [5.41, 5.74) is 8.67. The second-order valence-electron chi connectivity index (χ2n) is 3.90. The highest BCUT2D eigenvalue weighted by Gasteiger charge is 2.43. The summed E-state index contributed by atoms with van der Waals surface area (Å²) < 4.78 is 16.6. The number of hydrogen-bond donors (Lipinski definition) is 1. The van der Waals surface area contributed by atoms with Crippen LogP contribution in [0, 0.1) is 0 Å². The van der Waals surface area contributed by atoms with Crippen LogP contribution < -0.4 is 5.73 Å². The second-order valence-corrected chi connectivity index (χ2v) is 4.30. The number of allylic oxidation sites excluding steroid dienone is 3. The molecule has 0 aromatic rings. The van der Waals surface area contributed by atoms with Crippen molar-refractivity contribution in [3.05, 3.63) is 34.0 Å². The minimum atomic E-state index is -0.340. The molecule has 2 N–H and O–H groups in total. The van der Waals surface area contributed by atoms with Crippen LogP contribution in [0.1, 0.15) is 0 Å². The van der Waals surface area contributed by atoms with E-state index in [1.165, 1.54) is 0 Å². The Hall–Kier alpha value is -0.745. The summed E-state index contributed by atoms with van der Waals surface area (Å²) in [6, 6.07) is 0. The molecule has 3 rings (SSSR count). The van der Waals surface area contributed by atoms with Crippen molar-refractivity contribution in [1.82, 2.24) is 0 Å². The van der Waals surface area contributed by atoms with Gasteiger partial charge in [-0.25, -0.2) is 0 Å². The molecule has 0 amide bonds. The standard InChI is InChI=1S/C10H11BClNO3/c12-10-7-1-2-14-4-6-5-15-11(9(6)7)16-8(10)3-13/h1-2,8H,3-5,13H2. The molecule has 0 fully saturated rings. The van der Waals surface area contributed by atoms with Crippen molar-refractivity contribution < 1.29 is 14.0 Å². The van der Waals surface area contributed by atoms with E-state index < -0.39 is 0 Å². The Morgan fingerprint density at radius 3 is 3.19 bits per heavy atom. The zero-order chi connectivity index (χ0) is 11.1. The smallest absolute Gasteiger partial charge is 0.495 e. The van der Waals surface area contributed by atoms with Crippen molar-refractivity contribution in [2.75, 3.05) is 19.8 Å². The minimum absolute atomic E-state index is 0.285. The predicted molar refractivity (Wildman–Crippen MR) is 60.6 cm³/mol. The fourth-order valence-electron chi connectivity index (χ4n) is 2.15. The van der Waals surface area contributed by atoms with E-state index in [4.69, 9.17) is 31.4 Å². The van der Waals surface area contributed by atoms with Crippen LogP contribution >= 0.6 is 11.6 Å². The van der Waals surface area contributed by atoms with Gasteiger partial charge in [0.1, 0.15) is 6.61 Å². The molecule has 0 aliphatic carbocycles. The average molecular weight is 239 g/mol. The molecule has 16 heavy (non-hydrogen) atoms. The molecule has 3 heterocycles. The summed E-state index contributed by atoms with van der Waals surface area (Å²) in [5.74, 6) is 0. The summed E-state index contributed by atoms with van der Waals surface area (Å²) in [6.45, 7) is 1.42. The topological polar surface area (TPSA) is 53.7 Å². The van der Waals surface area contributed by atoms with Crippen molar-refractivity contribution in [1.29, 1.82) is 0 Å². The van der Waals surface area contributed by atoms with Crippen LogP contribution in [-0.4, -0.2) is 33.0 Å². The maximum absolute atomic E-state index is 6.27. The van der Waals surface area contributed by atoms with Gasteiger partial charge in [0, 0.05) is 6.54 Å². The Morgan fingerprint density at radius 1 is 1.50 bits per heavy atom. The van der Waals surface area contributed by atoms with Gasteiger partial charge in [-0.3, -0.25) is 0 Å². The highest BCUT2D eigenvalue weighted by Crippen LogP contribution is 2.38. The molecular formula is C10H11BClNO3. The maximum atomic E-state index is 6.27. The maximum Gasteiger partial charge on any atom is 0.495 e. The lowest BCUT2D eigenvalue weighted by Crippen LogP contribution is -2.38. The largest absolute Gasteiger partial charge is 0.497 e. The van der Waals surface area contributed by atoms with Gasteiger partial charge in [0.25, 0.3) is 0 Å². The average Bonchev–Trinajstić information content (AvgIpc) is 2.57. The highest BCUT2D eigenvalue weighted by atomic mass is 35.5. The lowest BCUT2D eigenvalue weighted by atomic mass is 9.70. The molecule has 1 unspecified atom stereocenters. The van der Waals surface area contributed by atoms with Gasteiger partial charge in [-0.2, -0.15) is 0 Å². The normalized spacial score (nSPS) is 28.1. The minimum Gasteiger partial charge on any atom is -0.497 e. The van der Waals surface area contributed by atoms with Gasteiger partial charge < -0.3 is 19.8 Å². The van der Waals surface area contributed by atoms with Crippen LogP contribution in [0.25, 0.3) is 0 Å². The molecule has 0 aromatic carbocycles. The Kier molecular flexibility index (Phi) is 2.56. The molecule has 3 aliphatic rings. The summed E-state index contributed by atoms with van der Waals surface area (Å²) >= 11 is 6.27. The lowest BCUT2D eigenvalue weighted by molar-refractivity contribution is 0.180. The van der Waals surface area contributed by atoms with Gasteiger partial charge >= 0.3 is 7.12 Å². The van der Waals surface area contributed by atoms with Gasteiger partial charge in [-0.05, 0) is 22.7 Å². The van der Waals surface area contributed by atoms with E-state index in [1.54, 1.807) is 6.26 Å². The van der Waals surface area contributed by atoms with Crippen LogP contribution in [0.4, 0.5) is 0 Å². The van der Waals surface area contributed by atoms with E-state index in [2.05, 4.69) is 0 Å². The monoisotopic (exact) mass is 239 g/mol. The number of halogens is 1. The Balaban J connectivity index is 2.13. The molecule has 84 valence electrons. The fourth-order valence-corrected chi connectivity index (χ4v) is 2.46. The van der Waals surface area contributed by atoms with Crippen LogP contribution in [0.3, 0.4) is 0 Å². The Morgan fingerprint density at radius 2 is 2.38 bits per heavy atom. The third-order valence-corrected chi connectivity index (χ3v) is 3.39. The molecule has 0 saturated heterocycles. The number of ether oxygens (including phenoxy) is 1. The number of hydrogen-bond acceptors (Lipinski definition) is 4. The Labute approximate surface area is 98.8 Å². The first kappa shape index (κ1) is 10.4. The van der Waals surface area contributed by atoms with Gasteiger partial charge in [0.15, 0.2) is 0 Å². The molecule has 0 spiro atoms. The van der Waals surface area contributed by atoms with Crippen LogP contribution in [0.15, 0.2) is 34.0 Å². The first-order chi connectivity index (χ1) is 7.81. The summed E-state index contributed by atoms with van der Waals surface area (Å²) in [4.78, 5) is 0. The van der Waals surface area contributed by atoms with Crippen LogP contribution in [0.2, 0.25) is 0 Å². The summed E-state index contributed by atoms with van der Waals surface area (Å²) in [5, 5.41) is 0.638. The summed E-state index contributed by atoms with van der Waals surface area (Å²) in [7, 11) is -0.340. The summed E-state index contributed by atoms with van der Waals surface area (Å²) in [6.07, 6.45) is 3.23. The molecule has 0 radical (unpaired) electrons. The SMILES string of the molecule is NCC1OB2OCC3=C2C(=C1Cl)C=COC3. The third kappa shape index (κ3) is 1.43. The highest BCUT2D eigenvalue weighted by molar-refractivity contribution is 6.58. The van der Waals surface area contributed by atoms with Gasteiger partial charge in [-0.1, -0.05) is 11.6 Å². The second kappa shape index (κ2) is 3.93. The lowest BCUT2D eigenvalue weighted by Gasteiger charge is -2.27. The molecule has 0 bridgehead atoms. The van der Waals surface area contributed by atoms with E-state index in [-0.39, 0.29) is 13.2 Å². The van der Waals surface area contributed by atoms with E-state index in [9.17, 15) is 0 Å². The first-order valence-corrected chi connectivity index (χ1v) is 5.56. The van der Waals surface area contributed by atoms with Crippen molar-refractivity contribution in [2.45, 2.75) is 6.10 Å². The molecule has 0 aromatic heterocycles. The predicted octanol–water partition coefficient (Wildman–Crippen LogP) is 0.735. The van der Waals surface area contributed by atoms with E-state index in [0.29, 0.717) is 24.8 Å². The molecule has 6 heteroatoms. The third-order valence-electron chi connectivity index (χ3n) is 2.95. The van der Waals surface area contributed by atoms with Crippen LogP contribution in [-0.2, 0) is 14.0 Å².